The van der Waals surface area contributed by atoms with E-state index in [1.54, 1.807) is 0 Å². The zero-order valence-electron chi connectivity index (χ0n) is 7.48. The van der Waals surface area contributed by atoms with Gasteiger partial charge in [0.1, 0.15) is 5.82 Å². The maximum absolute atomic E-state index is 13.1. The molecule has 1 aromatic carbocycles. The molecule has 0 unspecified atom stereocenters. The lowest BCUT2D eigenvalue weighted by Gasteiger charge is -2.10. The SMILES string of the molecule is Fc1cccc(C(F)(F)F)c1C=CCBr. The molecule has 0 heterocycles. The first-order chi connectivity index (χ1) is 6.96. The second-order valence-electron chi connectivity index (χ2n) is 2.76. The first kappa shape index (κ1) is 12.2. The summed E-state index contributed by atoms with van der Waals surface area (Å²) in [5.74, 6) is -0.873. The zero-order chi connectivity index (χ0) is 11.5. The highest BCUT2D eigenvalue weighted by atomic mass is 79.9. The summed E-state index contributed by atoms with van der Waals surface area (Å²) in [6, 6.07) is 2.91. The second-order valence-corrected chi connectivity index (χ2v) is 3.40. The average Bonchev–Trinajstić information content (AvgIpc) is 2.14. The lowest BCUT2D eigenvalue weighted by molar-refractivity contribution is -0.137. The summed E-state index contributed by atoms with van der Waals surface area (Å²) in [5.41, 5.74) is -1.39. The lowest BCUT2D eigenvalue weighted by atomic mass is 10.1. The molecule has 0 atom stereocenters. The van der Waals surface area contributed by atoms with Gasteiger partial charge in [0.05, 0.1) is 5.56 Å². The first-order valence-corrected chi connectivity index (χ1v) is 5.17. The minimum atomic E-state index is -4.53. The van der Waals surface area contributed by atoms with Crippen molar-refractivity contribution < 1.29 is 17.6 Å². The van der Waals surface area contributed by atoms with Crippen LogP contribution < -0.4 is 0 Å². The molecule has 0 saturated heterocycles. The quantitative estimate of drug-likeness (QED) is 0.562. The number of halogens is 5. The highest BCUT2D eigenvalue weighted by molar-refractivity contribution is 9.09. The summed E-state index contributed by atoms with van der Waals surface area (Å²) in [6.07, 6.45) is -2.01. The third-order valence-corrected chi connectivity index (χ3v) is 2.11. The van der Waals surface area contributed by atoms with Gasteiger partial charge in [-0.1, -0.05) is 34.1 Å². The summed E-state index contributed by atoms with van der Waals surface area (Å²) >= 11 is 3.02. The fourth-order valence-electron chi connectivity index (χ4n) is 1.12. The molecule has 0 aliphatic carbocycles. The number of hydrogen-bond donors (Lipinski definition) is 0. The van der Waals surface area contributed by atoms with Crippen molar-refractivity contribution in [3.63, 3.8) is 0 Å². The van der Waals surface area contributed by atoms with Gasteiger partial charge in [0.25, 0.3) is 0 Å². The second kappa shape index (κ2) is 4.79. The van der Waals surface area contributed by atoms with Crippen LogP contribution in [0.25, 0.3) is 6.08 Å². The number of rotatable bonds is 2. The molecule has 15 heavy (non-hydrogen) atoms. The molecule has 0 fully saturated rings. The summed E-state index contributed by atoms with van der Waals surface area (Å²) in [6.45, 7) is 0. The number of allylic oxidation sites excluding steroid dienone is 1. The molecule has 0 amide bonds. The third kappa shape index (κ3) is 3.06. The van der Waals surface area contributed by atoms with Crippen molar-refractivity contribution in [2.45, 2.75) is 6.18 Å². The van der Waals surface area contributed by atoms with Crippen molar-refractivity contribution in [1.82, 2.24) is 0 Å². The molecule has 0 saturated carbocycles. The molecule has 5 heteroatoms. The van der Waals surface area contributed by atoms with E-state index in [4.69, 9.17) is 0 Å². The van der Waals surface area contributed by atoms with E-state index in [0.29, 0.717) is 5.33 Å². The predicted molar refractivity (Wildman–Crippen MR) is 54.2 cm³/mol. The van der Waals surface area contributed by atoms with Gasteiger partial charge in [-0.2, -0.15) is 13.2 Å². The molecule has 1 aromatic rings. The molecule has 0 bridgehead atoms. The van der Waals surface area contributed by atoms with Crippen LogP contribution in [-0.2, 0) is 6.18 Å². The monoisotopic (exact) mass is 282 g/mol. The molecule has 0 N–H and O–H groups in total. The number of benzene rings is 1. The highest BCUT2D eigenvalue weighted by Crippen LogP contribution is 2.33. The van der Waals surface area contributed by atoms with Crippen molar-refractivity contribution in [3.8, 4) is 0 Å². The topological polar surface area (TPSA) is 0 Å². The highest BCUT2D eigenvalue weighted by Gasteiger charge is 2.33. The Morgan fingerprint density at radius 3 is 2.47 bits per heavy atom. The molecule has 0 aliphatic rings. The van der Waals surface area contributed by atoms with E-state index in [2.05, 4.69) is 15.9 Å². The Bertz CT molecular complexity index is 368. The largest absolute Gasteiger partial charge is 0.417 e. The summed E-state index contributed by atoms with van der Waals surface area (Å²) in [7, 11) is 0. The average molecular weight is 283 g/mol. The Hall–Kier alpha value is -0.840. The van der Waals surface area contributed by atoms with E-state index < -0.39 is 23.1 Å². The zero-order valence-corrected chi connectivity index (χ0v) is 9.07. The minimum Gasteiger partial charge on any atom is -0.206 e. The van der Waals surface area contributed by atoms with Crippen molar-refractivity contribution in [2.24, 2.45) is 0 Å². The van der Waals surface area contributed by atoms with Crippen LogP contribution in [-0.4, -0.2) is 5.33 Å². The lowest BCUT2D eigenvalue weighted by Crippen LogP contribution is -2.08. The van der Waals surface area contributed by atoms with Gasteiger partial charge in [-0.3, -0.25) is 0 Å². The summed E-state index contributed by atoms with van der Waals surface area (Å²) in [4.78, 5) is 0. The van der Waals surface area contributed by atoms with Gasteiger partial charge in [0.2, 0.25) is 0 Å². The van der Waals surface area contributed by atoms with Crippen LogP contribution in [0, 0.1) is 5.82 Å². The molecule has 82 valence electrons. The Labute approximate surface area is 92.7 Å². The van der Waals surface area contributed by atoms with Crippen molar-refractivity contribution in [2.75, 3.05) is 5.33 Å². The van der Waals surface area contributed by atoms with E-state index in [9.17, 15) is 17.6 Å². The van der Waals surface area contributed by atoms with E-state index in [1.807, 2.05) is 0 Å². The Kier molecular flexibility index (Phi) is 3.90. The van der Waals surface area contributed by atoms with Crippen molar-refractivity contribution in [1.29, 1.82) is 0 Å². The van der Waals surface area contributed by atoms with Gasteiger partial charge in [0, 0.05) is 10.9 Å². The van der Waals surface area contributed by atoms with Crippen LogP contribution in [0.1, 0.15) is 11.1 Å². The molecular weight excluding hydrogens is 276 g/mol. The standard InChI is InChI=1S/C10H7BrF4/c11-6-2-3-7-8(10(13,14)15)4-1-5-9(7)12/h1-5H,6H2. The Balaban J connectivity index is 3.27. The predicted octanol–water partition coefficient (Wildman–Crippen LogP) is 4.25. The van der Waals surface area contributed by atoms with Crippen molar-refractivity contribution in [3.05, 3.63) is 41.2 Å². The first-order valence-electron chi connectivity index (χ1n) is 4.05. The normalized spacial score (nSPS) is 12.3. The van der Waals surface area contributed by atoms with E-state index in [1.165, 1.54) is 6.08 Å². The molecule has 0 radical (unpaired) electrons. The maximum atomic E-state index is 13.1. The molecule has 0 nitrogen and oxygen atoms in total. The van der Waals surface area contributed by atoms with Gasteiger partial charge in [0.15, 0.2) is 0 Å². The van der Waals surface area contributed by atoms with Crippen LogP contribution in [0.5, 0.6) is 0 Å². The number of alkyl halides is 4. The van der Waals surface area contributed by atoms with E-state index in [-0.39, 0.29) is 0 Å². The molecule has 0 spiro atoms. The summed E-state index contributed by atoms with van der Waals surface area (Å²) < 4.78 is 50.5. The number of hydrogen-bond acceptors (Lipinski definition) is 0. The molecule has 0 aliphatic heterocycles. The van der Waals surface area contributed by atoms with Crippen molar-refractivity contribution >= 4 is 22.0 Å². The van der Waals surface area contributed by atoms with Crippen LogP contribution in [0.4, 0.5) is 17.6 Å². The smallest absolute Gasteiger partial charge is 0.206 e. The minimum absolute atomic E-state index is 0.374. The van der Waals surface area contributed by atoms with Gasteiger partial charge in [-0.25, -0.2) is 4.39 Å². The van der Waals surface area contributed by atoms with E-state index in [0.717, 1.165) is 24.3 Å². The maximum Gasteiger partial charge on any atom is 0.417 e. The fourth-order valence-corrected chi connectivity index (χ4v) is 1.30. The molecule has 0 aromatic heterocycles. The van der Waals surface area contributed by atoms with Crippen LogP contribution in [0.2, 0.25) is 0 Å². The van der Waals surface area contributed by atoms with Crippen LogP contribution in [0.15, 0.2) is 24.3 Å². The summed E-state index contributed by atoms with van der Waals surface area (Å²) in [5, 5.41) is 0.374. The third-order valence-electron chi connectivity index (χ3n) is 1.73. The van der Waals surface area contributed by atoms with Crippen LogP contribution in [0.3, 0.4) is 0 Å². The van der Waals surface area contributed by atoms with Gasteiger partial charge < -0.3 is 0 Å². The Morgan fingerprint density at radius 2 is 1.93 bits per heavy atom. The fraction of sp³-hybridized carbons (Fsp3) is 0.200. The van der Waals surface area contributed by atoms with E-state index >= 15 is 0 Å². The van der Waals surface area contributed by atoms with Gasteiger partial charge in [-0.05, 0) is 12.1 Å². The molecular formula is C10H7BrF4. The van der Waals surface area contributed by atoms with Gasteiger partial charge in [-0.15, -0.1) is 0 Å². The molecule has 1 rings (SSSR count). The van der Waals surface area contributed by atoms with Crippen LogP contribution >= 0.6 is 15.9 Å². The van der Waals surface area contributed by atoms with Gasteiger partial charge >= 0.3 is 6.18 Å². The Morgan fingerprint density at radius 1 is 1.27 bits per heavy atom.